The minimum Gasteiger partial charge on any atom is -0.394 e. The molecule has 0 aromatic carbocycles. The van der Waals surface area contributed by atoms with E-state index in [1.54, 1.807) is 4.57 Å². The highest BCUT2D eigenvalue weighted by Crippen LogP contribution is 2.30. The number of hydrogen-bond donors (Lipinski definition) is 5. The fourth-order valence-corrected chi connectivity index (χ4v) is 3.96. The first-order valence-corrected chi connectivity index (χ1v) is 10.2. The number of aromatic nitrogens is 5. The highest BCUT2D eigenvalue weighted by molar-refractivity contribution is 5.72. The second-order valence-electron chi connectivity index (χ2n) is 7.74. The molecule has 1 aliphatic heterocycles. The number of rotatable bonds is 8. The van der Waals surface area contributed by atoms with E-state index in [-0.39, 0.29) is 30.0 Å². The summed E-state index contributed by atoms with van der Waals surface area (Å²) < 4.78 is 8.45. The Kier molecular flexibility index (Phi) is 5.89. The van der Waals surface area contributed by atoms with Gasteiger partial charge in [-0.15, -0.1) is 0 Å². The van der Waals surface area contributed by atoms with E-state index in [1.807, 2.05) is 0 Å². The Hall–Kier alpha value is -2.31. The van der Waals surface area contributed by atoms with Crippen LogP contribution in [0.4, 0.5) is 0 Å². The van der Waals surface area contributed by atoms with Gasteiger partial charge < -0.3 is 30.1 Å². The summed E-state index contributed by atoms with van der Waals surface area (Å²) >= 11 is 0. The van der Waals surface area contributed by atoms with Gasteiger partial charge in [0.15, 0.2) is 5.52 Å². The average molecular weight is 421 g/mol. The topological polar surface area (TPSA) is 158 Å². The van der Waals surface area contributed by atoms with Gasteiger partial charge >= 0.3 is 0 Å². The molecule has 0 saturated carbocycles. The van der Waals surface area contributed by atoms with E-state index in [0.717, 1.165) is 19.3 Å². The number of fused-ring (bicyclic) bond motifs is 2. The molecule has 1 fully saturated rings. The maximum Gasteiger partial charge on any atom is 0.287 e. The van der Waals surface area contributed by atoms with Gasteiger partial charge in [-0.3, -0.25) is 9.36 Å². The Balaban J connectivity index is 1.69. The van der Waals surface area contributed by atoms with Crippen molar-refractivity contribution in [2.24, 2.45) is 0 Å². The lowest BCUT2D eigenvalue weighted by atomic mass is 10.0. The zero-order valence-corrected chi connectivity index (χ0v) is 16.7. The van der Waals surface area contributed by atoms with Crippen LogP contribution in [0.2, 0.25) is 0 Å². The Morgan fingerprint density at radius 2 is 2.13 bits per heavy atom. The number of aliphatic hydroxyl groups is 4. The van der Waals surface area contributed by atoms with E-state index >= 15 is 0 Å². The highest BCUT2D eigenvalue weighted by Gasteiger charge is 2.35. The molecule has 4 heterocycles. The number of ether oxygens (including phenoxy) is 1. The largest absolute Gasteiger partial charge is 0.394 e. The molecule has 3 aromatic rings. The number of hydrogen-bond acceptors (Lipinski definition) is 8. The number of H-pyrrole nitrogens is 1. The Morgan fingerprint density at radius 3 is 2.83 bits per heavy atom. The van der Waals surface area contributed by atoms with Crippen molar-refractivity contribution in [2.75, 3.05) is 6.61 Å². The summed E-state index contributed by atoms with van der Waals surface area (Å²) in [6.07, 6.45) is 1.79. The summed E-state index contributed by atoms with van der Waals surface area (Å²) in [5, 5.41) is 40.2. The maximum absolute atomic E-state index is 13.1. The van der Waals surface area contributed by atoms with Crippen LogP contribution < -0.4 is 5.56 Å². The van der Waals surface area contributed by atoms with Crippen molar-refractivity contribution in [2.45, 2.75) is 69.7 Å². The second kappa shape index (κ2) is 8.44. The molecule has 5 atom stereocenters. The maximum atomic E-state index is 13.1. The third kappa shape index (κ3) is 3.52. The van der Waals surface area contributed by atoms with Crippen LogP contribution in [-0.2, 0) is 4.74 Å². The van der Waals surface area contributed by atoms with Gasteiger partial charge in [0.05, 0.1) is 37.0 Å². The number of imidazole rings is 2. The first-order valence-electron chi connectivity index (χ1n) is 10.2. The van der Waals surface area contributed by atoms with Gasteiger partial charge in [-0.05, 0) is 6.42 Å². The molecule has 3 aromatic heterocycles. The van der Waals surface area contributed by atoms with Gasteiger partial charge in [0.2, 0.25) is 5.78 Å². The van der Waals surface area contributed by atoms with E-state index in [0.29, 0.717) is 12.1 Å². The van der Waals surface area contributed by atoms with Crippen molar-refractivity contribution in [3.05, 3.63) is 28.6 Å². The third-order valence-corrected chi connectivity index (χ3v) is 5.68. The van der Waals surface area contributed by atoms with Crippen LogP contribution in [-0.4, -0.2) is 69.3 Å². The molecule has 0 spiro atoms. The molecule has 11 nitrogen and oxygen atoms in total. The lowest BCUT2D eigenvalue weighted by Gasteiger charge is -2.17. The minimum absolute atomic E-state index is 0.111. The number of aliphatic hydroxyl groups excluding tert-OH is 4. The van der Waals surface area contributed by atoms with Crippen molar-refractivity contribution >= 4 is 16.9 Å². The number of nitrogens with zero attached hydrogens (tertiary/aromatic N) is 4. The molecule has 164 valence electrons. The van der Waals surface area contributed by atoms with Gasteiger partial charge in [-0.25, -0.2) is 14.4 Å². The summed E-state index contributed by atoms with van der Waals surface area (Å²) in [5.74, 6) is 0.196. The van der Waals surface area contributed by atoms with Crippen LogP contribution in [0.15, 0.2) is 17.3 Å². The molecule has 4 rings (SSSR count). The summed E-state index contributed by atoms with van der Waals surface area (Å²) in [5.41, 5.74) is 0.181. The van der Waals surface area contributed by atoms with E-state index in [2.05, 4.69) is 21.9 Å². The van der Waals surface area contributed by atoms with E-state index < -0.39 is 36.2 Å². The zero-order chi connectivity index (χ0) is 21.4. The molecule has 1 saturated heterocycles. The van der Waals surface area contributed by atoms with E-state index in [9.17, 15) is 25.2 Å². The molecule has 11 heteroatoms. The van der Waals surface area contributed by atoms with Crippen molar-refractivity contribution in [3.63, 3.8) is 0 Å². The van der Waals surface area contributed by atoms with Gasteiger partial charge in [0.25, 0.3) is 5.56 Å². The normalized spacial score (nSPS) is 24.1. The Bertz CT molecular complexity index is 1070. The third-order valence-electron chi connectivity index (χ3n) is 5.68. The summed E-state index contributed by atoms with van der Waals surface area (Å²) in [7, 11) is 0. The van der Waals surface area contributed by atoms with Crippen LogP contribution in [0.3, 0.4) is 0 Å². The van der Waals surface area contributed by atoms with Crippen LogP contribution in [0.5, 0.6) is 0 Å². The first-order chi connectivity index (χ1) is 14.5. The molecular weight excluding hydrogens is 394 g/mol. The van der Waals surface area contributed by atoms with E-state index in [4.69, 9.17) is 4.74 Å². The summed E-state index contributed by atoms with van der Waals surface area (Å²) in [6.45, 7) is 1.74. The Morgan fingerprint density at radius 1 is 1.33 bits per heavy atom. The molecule has 1 aliphatic rings. The van der Waals surface area contributed by atoms with Crippen molar-refractivity contribution in [1.29, 1.82) is 0 Å². The predicted molar refractivity (Wildman–Crippen MR) is 106 cm³/mol. The number of aromatic amines is 1. The quantitative estimate of drug-likeness (QED) is 0.318. The summed E-state index contributed by atoms with van der Waals surface area (Å²) in [6, 6.07) is 0. The standard InChI is InChI=1S/C19H27N5O6/c1-2-3-4-5-11(26)16(28)10-7-20-19-22-17-15(18(29)24(10)19)21-9-23(17)14-6-12(27)13(8-25)30-14/h7,9,11-14,16,25-28H,2-6,8H2,1H3,(H,20,22)/t11-,12+,13-,14-,16+/m1/s1. The molecule has 0 radical (unpaired) electrons. The fraction of sp³-hybridized carbons (Fsp3) is 0.632. The SMILES string of the molecule is CCCCC[C@@H](O)[C@@H](O)c1cnc2[nH]c3c(ncn3[C@H]3C[C@H](O)[C@@H](CO)O3)c(=O)n12. The predicted octanol–water partition coefficient (Wildman–Crippen LogP) is -0.0124. The van der Waals surface area contributed by atoms with Crippen LogP contribution in [0.1, 0.15) is 57.1 Å². The number of nitrogens with one attached hydrogen (secondary N) is 1. The van der Waals surface area contributed by atoms with Gasteiger partial charge in [0, 0.05) is 6.42 Å². The molecule has 0 bridgehead atoms. The van der Waals surface area contributed by atoms with Gasteiger partial charge in [-0.1, -0.05) is 26.2 Å². The second-order valence-corrected chi connectivity index (χ2v) is 7.74. The van der Waals surface area contributed by atoms with E-state index in [1.165, 1.54) is 16.9 Å². The van der Waals surface area contributed by atoms with Crippen molar-refractivity contribution < 1.29 is 25.2 Å². The van der Waals surface area contributed by atoms with Crippen LogP contribution >= 0.6 is 0 Å². The molecular formula is C19H27N5O6. The van der Waals surface area contributed by atoms with Crippen LogP contribution in [0.25, 0.3) is 16.9 Å². The minimum atomic E-state index is -1.25. The van der Waals surface area contributed by atoms with Gasteiger partial charge in [0.1, 0.15) is 24.1 Å². The molecule has 0 amide bonds. The van der Waals surface area contributed by atoms with Crippen molar-refractivity contribution in [3.8, 4) is 0 Å². The molecule has 0 aliphatic carbocycles. The average Bonchev–Trinajstić information content (AvgIpc) is 3.44. The fourth-order valence-electron chi connectivity index (χ4n) is 3.96. The molecule has 0 unspecified atom stereocenters. The first kappa shape index (κ1) is 20.9. The zero-order valence-electron chi connectivity index (χ0n) is 16.7. The molecule has 30 heavy (non-hydrogen) atoms. The lowest BCUT2D eigenvalue weighted by molar-refractivity contribution is -0.0432. The Labute approximate surface area is 171 Å². The monoisotopic (exact) mass is 421 g/mol. The molecule has 5 N–H and O–H groups in total. The lowest BCUT2D eigenvalue weighted by Crippen LogP contribution is -2.24. The smallest absolute Gasteiger partial charge is 0.287 e. The summed E-state index contributed by atoms with van der Waals surface area (Å²) in [4.78, 5) is 24.5. The number of unbranched alkanes of at least 4 members (excludes halogenated alkanes) is 2. The highest BCUT2D eigenvalue weighted by atomic mass is 16.5. The van der Waals surface area contributed by atoms with Crippen LogP contribution in [0, 0.1) is 0 Å². The van der Waals surface area contributed by atoms with Gasteiger partial charge in [-0.2, -0.15) is 0 Å². The van der Waals surface area contributed by atoms with Crippen molar-refractivity contribution in [1.82, 2.24) is 23.9 Å².